The first-order valence-electron chi connectivity index (χ1n) is 6.74. The van der Waals surface area contributed by atoms with E-state index in [9.17, 15) is 19.7 Å². The van der Waals surface area contributed by atoms with Crippen molar-refractivity contribution in [2.75, 3.05) is 5.32 Å². The summed E-state index contributed by atoms with van der Waals surface area (Å²) in [5.41, 5.74) is 0.777. The molecule has 1 aliphatic carbocycles. The van der Waals surface area contributed by atoms with Gasteiger partial charge in [-0.25, -0.2) is 4.98 Å². The highest BCUT2D eigenvalue weighted by molar-refractivity contribution is 14.1. The zero-order chi connectivity index (χ0) is 16.6. The van der Waals surface area contributed by atoms with Crippen LogP contribution in [-0.2, 0) is 6.42 Å². The summed E-state index contributed by atoms with van der Waals surface area (Å²) in [6.07, 6.45) is 2.00. The van der Waals surface area contributed by atoms with Crippen LogP contribution in [0.2, 0.25) is 0 Å². The second kappa shape index (κ2) is 6.32. The van der Waals surface area contributed by atoms with E-state index >= 15 is 0 Å². The number of anilines is 1. The lowest BCUT2D eigenvalue weighted by molar-refractivity contribution is -0.384. The van der Waals surface area contributed by atoms with Gasteiger partial charge in [0.1, 0.15) is 0 Å². The second-order valence-electron chi connectivity index (χ2n) is 4.95. The van der Waals surface area contributed by atoms with Crippen molar-refractivity contribution >= 4 is 56.4 Å². The topological polar surface area (TPSA) is 102 Å². The lowest BCUT2D eigenvalue weighted by Gasteiger charge is -2.05. The van der Waals surface area contributed by atoms with E-state index in [0.717, 1.165) is 29.9 Å². The van der Waals surface area contributed by atoms with Gasteiger partial charge in [-0.05, 0) is 41.5 Å². The summed E-state index contributed by atoms with van der Waals surface area (Å²) < 4.78 is 0.600. The number of amides is 1. The van der Waals surface area contributed by atoms with Crippen molar-refractivity contribution in [1.82, 2.24) is 4.98 Å². The van der Waals surface area contributed by atoms with Gasteiger partial charge in [0.15, 0.2) is 10.9 Å². The van der Waals surface area contributed by atoms with Gasteiger partial charge in [-0.1, -0.05) is 11.3 Å². The van der Waals surface area contributed by atoms with E-state index in [0.29, 0.717) is 20.0 Å². The van der Waals surface area contributed by atoms with Crippen LogP contribution in [0.4, 0.5) is 10.8 Å². The fraction of sp³-hybridized carbons (Fsp3) is 0.214. The Labute approximate surface area is 148 Å². The maximum atomic E-state index is 12.3. The first-order chi connectivity index (χ1) is 11.0. The molecular weight excluding hydrogens is 433 g/mol. The van der Waals surface area contributed by atoms with Crippen LogP contribution in [0.25, 0.3) is 0 Å². The zero-order valence-corrected chi connectivity index (χ0v) is 14.6. The molecule has 2 aromatic rings. The second-order valence-corrected chi connectivity index (χ2v) is 7.11. The van der Waals surface area contributed by atoms with Crippen LogP contribution in [-0.4, -0.2) is 21.6 Å². The van der Waals surface area contributed by atoms with E-state index in [1.54, 1.807) is 0 Å². The first kappa shape index (κ1) is 16.0. The molecule has 23 heavy (non-hydrogen) atoms. The number of aryl methyl sites for hydroxylation is 1. The van der Waals surface area contributed by atoms with Gasteiger partial charge in [0.25, 0.3) is 11.6 Å². The summed E-state index contributed by atoms with van der Waals surface area (Å²) in [5, 5.41) is 13.8. The van der Waals surface area contributed by atoms with E-state index in [2.05, 4.69) is 10.3 Å². The van der Waals surface area contributed by atoms with Crippen LogP contribution < -0.4 is 5.32 Å². The van der Waals surface area contributed by atoms with Crippen molar-refractivity contribution in [3.05, 3.63) is 48.0 Å². The number of nitrogens with zero attached hydrogens (tertiary/aromatic N) is 2. The minimum Gasteiger partial charge on any atom is -0.298 e. The van der Waals surface area contributed by atoms with Gasteiger partial charge in [-0.15, -0.1) is 0 Å². The van der Waals surface area contributed by atoms with Gasteiger partial charge in [-0.2, -0.15) is 0 Å². The third kappa shape index (κ3) is 3.24. The molecule has 1 aromatic carbocycles. The number of aromatic nitrogens is 1. The number of rotatable bonds is 3. The van der Waals surface area contributed by atoms with E-state index in [-0.39, 0.29) is 17.0 Å². The Morgan fingerprint density at radius 1 is 1.39 bits per heavy atom. The highest BCUT2D eigenvalue weighted by atomic mass is 127. The molecule has 0 spiro atoms. The number of thiazole rings is 1. The molecule has 0 aliphatic heterocycles. The Balaban J connectivity index is 1.86. The molecule has 0 bridgehead atoms. The maximum absolute atomic E-state index is 12.3. The van der Waals surface area contributed by atoms with Crippen molar-refractivity contribution in [3.63, 3.8) is 0 Å². The summed E-state index contributed by atoms with van der Waals surface area (Å²) in [6.45, 7) is 0. The Bertz CT molecular complexity index is 833. The van der Waals surface area contributed by atoms with Crippen molar-refractivity contribution in [3.8, 4) is 0 Å². The van der Waals surface area contributed by atoms with Crippen molar-refractivity contribution in [2.45, 2.75) is 19.3 Å². The lowest BCUT2D eigenvalue weighted by atomic mass is 10.0. The van der Waals surface area contributed by atoms with Gasteiger partial charge in [-0.3, -0.25) is 25.0 Å². The van der Waals surface area contributed by atoms with Crippen LogP contribution in [0, 0.1) is 13.7 Å². The number of hydrogen-bond donors (Lipinski definition) is 1. The molecule has 1 aromatic heterocycles. The Morgan fingerprint density at radius 2 is 2.17 bits per heavy atom. The molecule has 0 saturated heterocycles. The summed E-state index contributed by atoms with van der Waals surface area (Å²) in [4.78, 5) is 39.3. The zero-order valence-electron chi connectivity index (χ0n) is 11.7. The number of carbonyl (C=O) groups is 2. The molecule has 3 rings (SSSR count). The minimum absolute atomic E-state index is 0.0502. The Hall–Kier alpha value is -1.88. The molecule has 1 N–H and O–H groups in total. The molecule has 0 saturated carbocycles. The maximum Gasteiger partial charge on any atom is 0.270 e. The molecule has 1 heterocycles. The number of nitrogens with one attached hydrogen (secondary N) is 1. The van der Waals surface area contributed by atoms with E-state index < -0.39 is 10.8 Å². The number of fused-ring (bicyclic) bond motifs is 1. The molecule has 1 amide bonds. The fourth-order valence-corrected chi connectivity index (χ4v) is 3.84. The molecule has 0 radical (unpaired) electrons. The number of halogens is 1. The smallest absolute Gasteiger partial charge is 0.270 e. The highest BCUT2D eigenvalue weighted by Gasteiger charge is 2.23. The van der Waals surface area contributed by atoms with Crippen LogP contribution in [0.15, 0.2) is 18.2 Å². The monoisotopic (exact) mass is 443 g/mol. The number of carbonyl (C=O) groups excluding carboxylic acids is 2. The number of nitro groups is 1. The largest absolute Gasteiger partial charge is 0.298 e. The van der Waals surface area contributed by atoms with Crippen molar-refractivity contribution in [1.29, 1.82) is 0 Å². The average molecular weight is 443 g/mol. The van der Waals surface area contributed by atoms with Gasteiger partial charge >= 0.3 is 0 Å². The van der Waals surface area contributed by atoms with Gasteiger partial charge in [0.2, 0.25) is 0 Å². The molecule has 0 atom stereocenters. The molecule has 1 aliphatic rings. The Kier molecular flexibility index (Phi) is 4.39. The van der Waals surface area contributed by atoms with E-state index in [4.69, 9.17) is 0 Å². The van der Waals surface area contributed by atoms with Crippen LogP contribution in [0.1, 0.15) is 38.6 Å². The number of benzene rings is 1. The molecular formula is C14H10IN3O4S. The van der Waals surface area contributed by atoms with E-state index in [1.165, 1.54) is 18.2 Å². The average Bonchev–Trinajstić information content (AvgIpc) is 2.91. The van der Waals surface area contributed by atoms with Crippen LogP contribution >= 0.6 is 33.9 Å². The van der Waals surface area contributed by atoms with Gasteiger partial charge in [0, 0.05) is 22.1 Å². The predicted molar refractivity (Wildman–Crippen MR) is 93.1 cm³/mol. The summed E-state index contributed by atoms with van der Waals surface area (Å²) in [7, 11) is 0. The minimum atomic E-state index is -0.548. The normalized spacial score (nSPS) is 13.5. The molecule has 0 fully saturated rings. The number of nitro benzene ring substituents is 1. The lowest BCUT2D eigenvalue weighted by Crippen LogP contribution is -2.13. The SMILES string of the molecule is O=C(Nc1nc2c(s1)C(=O)CCC2)c1cc([N+](=O)[O-])ccc1I. The number of hydrogen-bond acceptors (Lipinski definition) is 6. The molecule has 7 nitrogen and oxygen atoms in total. The quantitative estimate of drug-likeness (QED) is 0.445. The summed E-state index contributed by atoms with van der Waals surface area (Å²) in [5.74, 6) is -0.425. The van der Waals surface area contributed by atoms with Gasteiger partial charge < -0.3 is 0 Å². The Morgan fingerprint density at radius 3 is 2.87 bits per heavy atom. The molecule has 9 heteroatoms. The van der Waals surface area contributed by atoms with Gasteiger partial charge in [0.05, 0.1) is 21.1 Å². The predicted octanol–water partition coefficient (Wildman–Crippen LogP) is 3.43. The summed E-state index contributed by atoms with van der Waals surface area (Å²) in [6, 6.07) is 4.10. The van der Waals surface area contributed by atoms with Crippen LogP contribution in [0.3, 0.4) is 0 Å². The van der Waals surface area contributed by atoms with E-state index in [1.807, 2.05) is 22.6 Å². The highest BCUT2D eigenvalue weighted by Crippen LogP contribution is 2.30. The third-order valence-electron chi connectivity index (χ3n) is 3.39. The van der Waals surface area contributed by atoms with Crippen molar-refractivity contribution < 1.29 is 14.5 Å². The molecule has 0 unspecified atom stereocenters. The van der Waals surface area contributed by atoms with Crippen molar-refractivity contribution in [2.24, 2.45) is 0 Å². The number of Topliss-reactive ketones (excluding diaryl/α,β-unsaturated/α-hetero) is 1. The number of ketones is 1. The molecule has 118 valence electrons. The summed E-state index contributed by atoms with van der Waals surface area (Å²) >= 11 is 3.10. The number of non-ortho nitro benzene ring substituents is 1. The third-order valence-corrected chi connectivity index (χ3v) is 5.39. The first-order valence-corrected chi connectivity index (χ1v) is 8.63. The standard InChI is InChI=1S/C14H10IN3O4S/c15-9-5-4-7(18(21)22)6-8(9)13(20)17-14-16-10-2-1-3-11(19)12(10)23-14/h4-6H,1-3H2,(H,16,17,20). The van der Waals surface area contributed by atoms with Crippen LogP contribution in [0.5, 0.6) is 0 Å². The fourth-order valence-electron chi connectivity index (χ4n) is 2.29.